The summed E-state index contributed by atoms with van der Waals surface area (Å²) in [6, 6.07) is 15.1. The fourth-order valence-electron chi connectivity index (χ4n) is 5.79. The summed E-state index contributed by atoms with van der Waals surface area (Å²) in [5.41, 5.74) is 11.6. The number of benzene rings is 2. The number of likely N-dealkylation sites (tertiary alicyclic amines) is 1. The van der Waals surface area contributed by atoms with Crippen molar-refractivity contribution in [2.24, 2.45) is 5.41 Å². The lowest BCUT2D eigenvalue weighted by Gasteiger charge is -2.36. The molecule has 3 aliphatic rings. The van der Waals surface area contributed by atoms with Gasteiger partial charge < -0.3 is 21.0 Å². The van der Waals surface area contributed by atoms with Gasteiger partial charge in [0.25, 0.3) is 0 Å². The molecule has 2 fully saturated rings. The van der Waals surface area contributed by atoms with E-state index in [1.165, 1.54) is 12.8 Å². The summed E-state index contributed by atoms with van der Waals surface area (Å²) in [5.74, 6) is 0. The molecule has 42 heavy (non-hydrogen) atoms. The maximum absolute atomic E-state index is 9.86. The van der Waals surface area contributed by atoms with Gasteiger partial charge in [0.1, 0.15) is 6.07 Å². The zero-order valence-corrected chi connectivity index (χ0v) is 25.9. The third kappa shape index (κ3) is 6.40. The van der Waals surface area contributed by atoms with E-state index in [0.29, 0.717) is 33.7 Å². The molecule has 2 aliphatic heterocycles. The van der Waals surface area contributed by atoms with Gasteiger partial charge in [-0.15, -0.1) is 5.53 Å². The van der Waals surface area contributed by atoms with E-state index in [2.05, 4.69) is 69.5 Å². The largest absolute Gasteiger partial charge is 0.383 e. The van der Waals surface area contributed by atoms with E-state index < -0.39 is 0 Å². The van der Waals surface area contributed by atoms with Crippen LogP contribution in [0.1, 0.15) is 63.6 Å². The second-order valence-electron chi connectivity index (χ2n) is 12.8. The van der Waals surface area contributed by atoms with Crippen molar-refractivity contribution >= 4 is 45.5 Å². The number of anilines is 2. The van der Waals surface area contributed by atoms with Crippen LogP contribution in [-0.2, 0) is 0 Å². The number of fused-ring (bicyclic) bond motifs is 1. The minimum atomic E-state index is -0.210. The Morgan fingerprint density at radius 2 is 1.81 bits per heavy atom. The Morgan fingerprint density at radius 1 is 1.07 bits per heavy atom. The Kier molecular flexibility index (Phi) is 8.12. The number of piperidine rings is 1. The van der Waals surface area contributed by atoms with Crippen LogP contribution in [0.5, 0.6) is 0 Å². The molecule has 3 aromatic rings. The minimum absolute atomic E-state index is 0.0235. The molecule has 1 aromatic heterocycles. The highest BCUT2D eigenvalue weighted by Gasteiger charge is 2.34. The summed E-state index contributed by atoms with van der Waals surface area (Å²) < 4.78 is 0. The van der Waals surface area contributed by atoms with Crippen LogP contribution in [-0.4, -0.2) is 46.6 Å². The van der Waals surface area contributed by atoms with E-state index in [1.54, 1.807) is 6.20 Å². The van der Waals surface area contributed by atoms with Crippen LogP contribution in [0.3, 0.4) is 0 Å². The normalized spacial score (nSPS) is 18.9. The highest BCUT2D eigenvalue weighted by Crippen LogP contribution is 2.37. The summed E-state index contributed by atoms with van der Waals surface area (Å²) in [5, 5.41) is 21.3. The summed E-state index contributed by atoms with van der Waals surface area (Å²) in [4.78, 5) is 7.17. The predicted octanol–water partition coefficient (Wildman–Crippen LogP) is 6.82. The summed E-state index contributed by atoms with van der Waals surface area (Å²) in [6.45, 7) is 9.46. The van der Waals surface area contributed by atoms with E-state index in [-0.39, 0.29) is 11.5 Å². The van der Waals surface area contributed by atoms with Crippen LogP contribution in [0.4, 0.5) is 11.4 Å². The fourth-order valence-corrected chi connectivity index (χ4v) is 6.18. The Hall–Kier alpha value is -3.22. The predicted molar refractivity (Wildman–Crippen MR) is 171 cm³/mol. The maximum Gasteiger partial charge on any atom is 0.103 e. The average molecular weight is 606 g/mol. The zero-order chi connectivity index (χ0) is 29.4. The second-order valence-corrected chi connectivity index (χ2v) is 13.6. The molecule has 1 atom stereocenters. The maximum atomic E-state index is 9.86. The van der Waals surface area contributed by atoms with Gasteiger partial charge in [-0.1, -0.05) is 56.1 Å². The lowest BCUT2D eigenvalue weighted by atomic mass is 9.96. The Bertz CT molecular complexity index is 1510. The lowest BCUT2D eigenvalue weighted by Crippen LogP contribution is -2.49. The molecule has 0 bridgehead atoms. The molecule has 2 aromatic carbocycles. The van der Waals surface area contributed by atoms with Crippen molar-refractivity contribution in [1.82, 2.24) is 25.9 Å². The van der Waals surface area contributed by atoms with Crippen LogP contribution in [0, 0.1) is 16.7 Å². The molecule has 0 spiro atoms. The molecule has 1 unspecified atom stereocenters. The van der Waals surface area contributed by atoms with Gasteiger partial charge in [-0.2, -0.15) is 5.26 Å². The van der Waals surface area contributed by atoms with Gasteiger partial charge in [-0.3, -0.25) is 9.99 Å². The Balaban J connectivity index is 1.31. The van der Waals surface area contributed by atoms with Crippen molar-refractivity contribution in [2.45, 2.75) is 64.6 Å². The monoisotopic (exact) mass is 604 g/mol. The molecule has 10 heteroatoms. The molecule has 1 saturated carbocycles. The fraction of sp³-hybridized carbons (Fsp3) is 0.438. The number of nitrogens with zero attached hydrogens (tertiary/aromatic N) is 4. The molecule has 4 N–H and O–H groups in total. The van der Waals surface area contributed by atoms with Crippen molar-refractivity contribution < 1.29 is 0 Å². The van der Waals surface area contributed by atoms with Crippen LogP contribution in [0.15, 0.2) is 54.5 Å². The second kappa shape index (κ2) is 11.8. The molecule has 0 radical (unpaired) electrons. The SMILES string of the molecule is CC(C)(C)CNc1c(C#N)cnc2c(Cl)cc(NC(C3=CN(C4CCN(C5CC5)CC4)NN3)c3ccc(Cl)cc3)cc12. The Labute approximate surface area is 258 Å². The number of pyridine rings is 1. The molecule has 6 rings (SSSR count). The number of rotatable bonds is 8. The van der Waals surface area contributed by atoms with Crippen LogP contribution < -0.4 is 21.6 Å². The Morgan fingerprint density at radius 3 is 2.48 bits per heavy atom. The van der Waals surface area contributed by atoms with E-state index in [1.807, 2.05) is 36.4 Å². The number of aromatic nitrogens is 1. The van der Waals surface area contributed by atoms with Gasteiger partial charge in [0.2, 0.25) is 0 Å². The third-order valence-electron chi connectivity index (χ3n) is 8.23. The highest BCUT2D eigenvalue weighted by molar-refractivity contribution is 6.36. The van der Waals surface area contributed by atoms with Gasteiger partial charge in [0.05, 0.1) is 33.5 Å². The number of halogens is 2. The van der Waals surface area contributed by atoms with E-state index in [9.17, 15) is 5.26 Å². The number of nitriles is 1. The van der Waals surface area contributed by atoms with Crippen molar-refractivity contribution in [1.29, 1.82) is 5.26 Å². The highest BCUT2D eigenvalue weighted by atomic mass is 35.5. The number of hydrogen-bond donors (Lipinski definition) is 4. The lowest BCUT2D eigenvalue weighted by molar-refractivity contribution is 0.105. The van der Waals surface area contributed by atoms with Gasteiger partial charge in [-0.25, -0.2) is 0 Å². The van der Waals surface area contributed by atoms with Gasteiger partial charge >= 0.3 is 0 Å². The number of hydrogen-bond acceptors (Lipinski definition) is 8. The van der Waals surface area contributed by atoms with E-state index >= 15 is 0 Å². The summed E-state index contributed by atoms with van der Waals surface area (Å²) in [6.07, 6.45) is 8.74. The molecular weight excluding hydrogens is 567 g/mol. The first-order valence-electron chi connectivity index (χ1n) is 14.7. The van der Waals surface area contributed by atoms with Crippen molar-refractivity contribution in [3.05, 3.63) is 75.7 Å². The first-order valence-corrected chi connectivity index (χ1v) is 15.5. The van der Waals surface area contributed by atoms with Gasteiger partial charge in [0.15, 0.2) is 0 Å². The smallest absolute Gasteiger partial charge is 0.103 e. The molecule has 1 saturated heterocycles. The van der Waals surface area contributed by atoms with Crippen molar-refractivity contribution in [3.63, 3.8) is 0 Å². The summed E-state index contributed by atoms with van der Waals surface area (Å²) >= 11 is 13.1. The van der Waals surface area contributed by atoms with Crippen molar-refractivity contribution in [3.8, 4) is 6.07 Å². The molecule has 1 aliphatic carbocycles. The first kappa shape index (κ1) is 28.9. The summed E-state index contributed by atoms with van der Waals surface area (Å²) in [7, 11) is 0. The van der Waals surface area contributed by atoms with Crippen molar-refractivity contribution in [2.75, 3.05) is 30.3 Å². The van der Waals surface area contributed by atoms with E-state index in [4.69, 9.17) is 23.2 Å². The average Bonchev–Trinajstić information content (AvgIpc) is 3.71. The van der Waals surface area contributed by atoms with Crippen LogP contribution in [0.2, 0.25) is 10.0 Å². The molecule has 0 amide bonds. The van der Waals surface area contributed by atoms with Gasteiger partial charge in [-0.05, 0) is 60.9 Å². The van der Waals surface area contributed by atoms with Crippen LogP contribution in [0.25, 0.3) is 10.9 Å². The molecule has 8 nitrogen and oxygen atoms in total. The third-order valence-corrected chi connectivity index (χ3v) is 8.77. The topological polar surface area (TPSA) is 91.3 Å². The molecule has 3 heterocycles. The molecule has 220 valence electrons. The standard InChI is InChI=1S/C32H38Cl2N8/c1-32(2,3)19-37-29-21(16-35)17-36-31-26(29)14-23(15-27(31)34)38-30(20-4-6-22(33)7-5-20)28-18-42(40-39-28)25-10-12-41(13-11-25)24-8-9-24/h4-7,14-15,17-18,24-25,30,38-40H,8-13,19H2,1-3H3,(H,36,37). The van der Waals surface area contributed by atoms with Gasteiger partial charge in [0, 0.05) is 60.2 Å². The molecular formula is C32H38Cl2N8. The van der Waals surface area contributed by atoms with Crippen LogP contribution >= 0.6 is 23.2 Å². The zero-order valence-electron chi connectivity index (χ0n) is 24.3. The van der Waals surface area contributed by atoms with E-state index in [0.717, 1.165) is 60.0 Å². The number of nitrogens with one attached hydrogen (secondary N) is 4. The minimum Gasteiger partial charge on any atom is -0.383 e. The number of hydrazine groups is 2. The quantitative estimate of drug-likeness (QED) is 0.223. The first-order chi connectivity index (χ1) is 20.2.